The predicted octanol–water partition coefficient (Wildman–Crippen LogP) is 10.8. The van der Waals surface area contributed by atoms with Crippen molar-refractivity contribution in [3.05, 3.63) is 185 Å². The van der Waals surface area contributed by atoms with Gasteiger partial charge in [0, 0.05) is 125 Å². The molecule has 7 heterocycles. The van der Waals surface area contributed by atoms with Crippen molar-refractivity contribution < 1.29 is 28.2 Å². The number of halogens is 1. The number of hydrogen-bond acceptors (Lipinski definition) is 10. The van der Waals surface area contributed by atoms with Gasteiger partial charge in [-0.25, -0.2) is 4.39 Å². The Morgan fingerprint density at radius 1 is 0.798 bits per heavy atom. The summed E-state index contributed by atoms with van der Waals surface area (Å²) in [7, 11) is 1.53. The average Bonchev–Trinajstić information content (AvgIpc) is 2.97. The number of aryl methyl sites for hydroxylation is 4. The lowest BCUT2D eigenvalue weighted by atomic mass is 9.95. The van der Waals surface area contributed by atoms with Crippen LogP contribution in [0.3, 0.4) is 0 Å². The number of morpholine rings is 2. The summed E-state index contributed by atoms with van der Waals surface area (Å²) in [6.45, 7) is 28.6. The van der Waals surface area contributed by atoms with Crippen LogP contribution in [0.2, 0.25) is 0 Å². The fourth-order valence-corrected chi connectivity index (χ4v) is 11.4. The highest BCUT2D eigenvalue weighted by atomic mass is 19.1. The van der Waals surface area contributed by atoms with E-state index in [1.807, 2.05) is 65.1 Å². The average molecular weight is 1150 g/mol. The Morgan fingerprint density at radius 3 is 1.98 bits per heavy atom. The number of allylic oxidation sites excluding steroid dienone is 3. The van der Waals surface area contributed by atoms with E-state index in [9.17, 15) is 14.4 Å². The number of carbonyl (C=O) groups excluding carboxylic acids is 2. The molecule has 1 unspecified atom stereocenters. The van der Waals surface area contributed by atoms with Crippen molar-refractivity contribution in [2.45, 2.75) is 108 Å². The second-order valence-corrected chi connectivity index (χ2v) is 21.7. The van der Waals surface area contributed by atoms with Gasteiger partial charge in [0.25, 0.3) is 17.0 Å². The number of benzene rings is 2. The molecule has 17 heteroatoms. The Labute approximate surface area is 494 Å². The topological polar surface area (TPSA) is 185 Å². The molecule has 5 N–H and O–H groups in total. The lowest BCUT2D eigenvalue weighted by molar-refractivity contribution is -0.106. The number of methoxy groups -OCH3 is 1. The smallest absolute Gasteiger partial charge is 0.253 e. The first kappa shape index (κ1) is 63.6. The van der Waals surface area contributed by atoms with Crippen molar-refractivity contribution in [3.8, 4) is 28.0 Å². The number of anilines is 1. The Bertz CT molecular complexity index is 3560. The van der Waals surface area contributed by atoms with Gasteiger partial charge >= 0.3 is 0 Å². The van der Waals surface area contributed by atoms with Gasteiger partial charge < -0.3 is 49.5 Å². The first-order valence-electron chi connectivity index (χ1n) is 29.4. The monoisotopic (exact) mass is 1150 g/mol. The third-order valence-electron chi connectivity index (χ3n) is 15.7. The van der Waals surface area contributed by atoms with Crippen molar-refractivity contribution in [2.75, 3.05) is 82.7 Å². The molecule has 2 aliphatic rings. The van der Waals surface area contributed by atoms with Crippen LogP contribution in [0.5, 0.6) is 5.75 Å². The molecule has 0 saturated carbocycles. The summed E-state index contributed by atoms with van der Waals surface area (Å²) in [6.07, 6.45) is 12.4. The van der Waals surface area contributed by atoms with Crippen molar-refractivity contribution in [1.29, 1.82) is 0 Å². The van der Waals surface area contributed by atoms with Crippen LogP contribution in [0, 0.1) is 40.4 Å². The number of nitrogens with one attached hydrogen (secondary N) is 3. The first-order chi connectivity index (χ1) is 40.4. The molecule has 5 aromatic heterocycles. The van der Waals surface area contributed by atoms with Gasteiger partial charge in [-0.3, -0.25) is 28.8 Å². The number of nitrogens with two attached hydrogens (primary N) is 1. The summed E-state index contributed by atoms with van der Waals surface area (Å²) in [6, 6.07) is 24.0. The highest BCUT2D eigenvalue weighted by Crippen LogP contribution is 2.34. The number of amides is 2. The molecule has 2 aliphatic heterocycles. The summed E-state index contributed by atoms with van der Waals surface area (Å²) in [5.74, 6) is -0.0350. The van der Waals surface area contributed by atoms with E-state index >= 15 is 4.39 Å². The molecular weight excluding hydrogens is 1060 g/mol. The number of fused-ring (bicyclic) bond motifs is 1. The number of hydrogen-bond donors (Lipinski definition) is 4. The summed E-state index contributed by atoms with van der Waals surface area (Å²) in [5.41, 5.74) is 20.3. The molecule has 0 spiro atoms. The minimum Gasteiger partial charge on any atom is -0.497 e. The van der Waals surface area contributed by atoms with E-state index in [1.165, 1.54) is 18.9 Å². The van der Waals surface area contributed by atoms with Gasteiger partial charge in [0.1, 0.15) is 11.6 Å². The number of carbonyl (C=O) groups is 2. The second-order valence-electron chi connectivity index (χ2n) is 21.7. The fourth-order valence-electron chi connectivity index (χ4n) is 11.4. The Balaban J connectivity index is 0.000000234. The van der Waals surface area contributed by atoms with Crippen LogP contribution in [-0.4, -0.2) is 109 Å². The number of ether oxygens (including phenoxy) is 3. The molecule has 16 nitrogen and oxygen atoms in total. The molecule has 9 rings (SSSR count). The zero-order chi connectivity index (χ0) is 60.6. The van der Waals surface area contributed by atoms with Gasteiger partial charge in [-0.1, -0.05) is 44.6 Å². The van der Waals surface area contributed by atoms with Crippen molar-refractivity contribution in [1.82, 2.24) is 29.3 Å². The zero-order valence-corrected chi connectivity index (χ0v) is 51.0. The van der Waals surface area contributed by atoms with Crippen LogP contribution in [0.15, 0.2) is 112 Å². The lowest BCUT2D eigenvalue weighted by Crippen LogP contribution is -2.44. The zero-order valence-electron chi connectivity index (χ0n) is 51.0. The number of nitrogens with zero attached hydrogens (tertiary/aromatic N) is 5. The van der Waals surface area contributed by atoms with Gasteiger partial charge in [-0.2, -0.15) is 0 Å². The molecule has 0 bridgehead atoms. The van der Waals surface area contributed by atoms with Gasteiger partial charge in [0.2, 0.25) is 6.41 Å². The van der Waals surface area contributed by atoms with E-state index in [0.29, 0.717) is 55.3 Å². The molecule has 2 aromatic carbocycles. The number of aromatic amines is 2. The number of pyridine rings is 3. The number of H-pyrrole nitrogens is 2. The molecular formula is C67H86FN9O7. The third kappa shape index (κ3) is 15.6. The van der Waals surface area contributed by atoms with Gasteiger partial charge in [0.05, 0.1) is 52.3 Å². The molecule has 1 atom stereocenters. The fraction of sp³-hybridized carbons (Fsp3) is 0.403. The van der Waals surface area contributed by atoms with E-state index in [-0.39, 0.29) is 41.8 Å². The molecule has 448 valence electrons. The minimum absolute atomic E-state index is 0.0581. The maximum atomic E-state index is 15.0. The predicted molar refractivity (Wildman–Crippen MR) is 337 cm³/mol. The van der Waals surface area contributed by atoms with Crippen molar-refractivity contribution in [2.24, 2.45) is 5.73 Å². The van der Waals surface area contributed by atoms with Gasteiger partial charge in [0.15, 0.2) is 0 Å². The van der Waals surface area contributed by atoms with Crippen LogP contribution < -0.4 is 36.8 Å². The Morgan fingerprint density at radius 2 is 1.40 bits per heavy atom. The molecule has 2 saturated heterocycles. The van der Waals surface area contributed by atoms with Crippen molar-refractivity contribution in [3.63, 3.8) is 0 Å². The SMILES string of the molecule is CC/C=C(C)/C(=C\c1cc(-c2ccc(OC)cc2F)cn1N1CCOCC1)Cc1c(C)cc(C)[nH]c1=O.CCCN(CCC)c1ccc(-c2cc3cc(C(=O)NCc4c(C)cc(C)[nH]c4=O)c(C)c(C(C)N4CCOCC4)n3c2)cc1.NC=O. The normalized spacial score (nSPS) is 14.3. The Hall–Kier alpha value is -7.99. The summed E-state index contributed by atoms with van der Waals surface area (Å²) in [5, 5.41) is 5.25. The van der Waals surface area contributed by atoms with Gasteiger partial charge in [-0.05, 0) is 156 Å². The maximum absolute atomic E-state index is 15.0. The molecule has 2 amide bonds. The van der Waals surface area contributed by atoms with Crippen LogP contribution in [0.4, 0.5) is 10.1 Å². The number of aromatic nitrogens is 4. The first-order valence-corrected chi connectivity index (χ1v) is 29.4. The molecule has 0 radical (unpaired) electrons. The molecule has 7 aromatic rings. The van der Waals surface area contributed by atoms with E-state index in [4.69, 9.17) is 19.0 Å². The van der Waals surface area contributed by atoms with E-state index in [2.05, 4.69) is 128 Å². The highest BCUT2D eigenvalue weighted by Gasteiger charge is 2.27. The molecule has 0 aliphatic carbocycles. The van der Waals surface area contributed by atoms with Crippen molar-refractivity contribution >= 4 is 29.6 Å². The largest absolute Gasteiger partial charge is 0.497 e. The Kier molecular flexibility index (Phi) is 22.7. The van der Waals surface area contributed by atoms with E-state index < -0.39 is 0 Å². The second kappa shape index (κ2) is 30.0. The maximum Gasteiger partial charge on any atom is 0.253 e. The van der Waals surface area contributed by atoms with Crippen LogP contribution in [0.25, 0.3) is 33.8 Å². The third-order valence-corrected chi connectivity index (χ3v) is 15.7. The van der Waals surface area contributed by atoms with E-state index in [0.717, 1.165) is 137 Å². The highest BCUT2D eigenvalue weighted by molar-refractivity contribution is 5.97. The van der Waals surface area contributed by atoms with Crippen LogP contribution in [-0.2, 0) is 27.2 Å². The quantitative estimate of drug-likeness (QED) is 0.0449. The summed E-state index contributed by atoms with van der Waals surface area (Å²) < 4.78 is 35.8. The number of primary amides is 1. The van der Waals surface area contributed by atoms with E-state index in [1.54, 1.807) is 12.1 Å². The van der Waals surface area contributed by atoms with Crippen LogP contribution >= 0.6 is 0 Å². The minimum atomic E-state index is -0.335. The molecule has 84 heavy (non-hydrogen) atoms. The van der Waals surface area contributed by atoms with Crippen LogP contribution in [0.1, 0.15) is 121 Å². The van der Waals surface area contributed by atoms with Gasteiger partial charge in [-0.15, -0.1) is 0 Å². The summed E-state index contributed by atoms with van der Waals surface area (Å²) >= 11 is 0. The number of rotatable bonds is 19. The lowest BCUT2D eigenvalue weighted by Gasteiger charge is -2.34. The molecule has 2 fully saturated rings. The standard InChI is InChI=1S/C36H47N5O3.C30H36FN3O3.CH3NO/c1-7-13-40(14-8-2)30-11-9-28(10-12-30)29-20-31-21-32(35(42)37-22-33-24(3)19-25(4)38-36(33)43)26(5)34(41(31)23-29)27(6)39-15-17-44-18-16-39;1-6-7-20(2)23(17-28-21(3)14-22(4)32-30(28)35)15-25-16-24(19-34(25)33-10-12-37-13-11-33)27-9-8-26(36-5)18-29(27)31;2-1-3/h9-12,19-21,23,27H,7-8,13-18,22H2,1-6H3,(H,37,42)(H,38,43);7-9,14-16,18-19H,6,10-13,17H2,1-5H3,(H,32,35);1H,(H2,2,3)/b;20-7+,23-15-;. The summed E-state index contributed by atoms with van der Waals surface area (Å²) in [4.78, 5) is 58.4.